The van der Waals surface area contributed by atoms with Crippen LogP contribution in [0.4, 0.5) is 5.13 Å². The molecule has 0 saturated carbocycles. The lowest BCUT2D eigenvalue weighted by atomic mass is 9.90. The van der Waals surface area contributed by atoms with E-state index in [4.69, 9.17) is 20.1 Å². The Morgan fingerprint density at radius 1 is 0.912 bits per heavy atom. The van der Waals surface area contributed by atoms with Crippen LogP contribution in [0, 0.1) is 0 Å². The van der Waals surface area contributed by atoms with Crippen molar-refractivity contribution in [3.05, 3.63) is 94.0 Å². The molecule has 0 spiro atoms. The predicted octanol–water partition coefficient (Wildman–Crippen LogP) is 7.48. The van der Waals surface area contributed by atoms with Crippen LogP contribution in [-0.2, 0) is 0 Å². The predicted molar refractivity (Wildman–Crippen MR) is 144 cm³/mol. The normalized spacial score (nSPS) is 16.1. The second-order valence-electron chi connectivity index (χ2n) is 8.74. The molecular weight excluding hydrogens is 506 g/mol. The summed E-state index contributed by atoms with van der Waals surface area (Å²) in [4.78, 5) is 15.3. The van der Waals surface area contributed by atoms with Crippen LogP contribution in [0.2, 0.25) is 0 Å². The van der Waals surface area contributed by atoms with Crippen molar-refractivity contribution in [3.63, 3.8) is 0 Å². The van der Waals surface area contributed by atoms with Crippen molar-refractivity contribution in [2.24, 2.45) is 5.10 Å². The number of aromatic nitrogens is 3. The van der Waals surface area contributed by atoms with Gasteiger partial charge in [-0.05, 0) is 46.9 Å². The summed E-state index contributed by atoms with van der Waals surface area (Å²) < 4.78 is 1.05. The zero-order valence-corrected chi connectivity index (χ0v) is 21.2. The number of para-hydroxylation sites is 2. The van der Waals surface area contributed by atoms with E-state index in [0.717, 1.165) is 43.2 Å². The van der Waals surface area contributed by atoms with Gasteiger partial charge in [0, 0.05) is 10.9 Å². The molecule has 1 aliphatic heterocycles. The maximum absolute atomic E-state index is 5.11. The molecule has 0 aliphatic carbocycles. The van der Waals surface area contributed by atoms with Crippen LogP contribution >= 0.6 is 27.3 Å². The third kappa shape index (κ3) is 3.79. The highest BCUT2D eigenvalue weighted by atomic mass is 79.9. The Hall–Kier alpha value is -3.16. The van der Waals surface area contributed by atoms with Crippen LogP contribution in [0.3, 0.4) is 0 Å². The highest BCUT2D eigenvalue weighted by Gasteiger charge is 2.33. The molecule has 7 heteroatoms. The molecule has 1 aliphatic rings. The Morgan fingerprint density at radius 3 is 2.47 bits per heavy atom. The number of thiazole rings is 1. The molecule has 1 unspecified atom stereocenters. The van der Waals surface area contributed by atoms with Crippen molar-refractivity contribution in [3.8, 4) is 0 Å². The molecule has 3 heterocycles. The molecule has 0 saturated heterocycles. The third-order valence-corrected chi connectivity index (χ3v) is 7.57. The van der Waals surface area contributed by atoms with Gasteiger partial charge in [-0.25, -0.2) is 15.0 Å². The van der Waals surface area contributed by atoms with Crippen molar-refractivity contribution in [2.45, 2.75) is 32.2 Å². The second kappa shape index (κ2) is 8.56. The van der Waals surface area contributed by atoms with Crippen LogP contribution in [0.1, 0.15) is 48.9 Å². The lowest BCUT2D eigenvalue weighted by Gasteiger charge is -2.24. The van der Waals surface area contributed by atoms with Gasteiger partial charge in [0.2, 0.25) is 5.13 Å². The molecular formula is C27H22BrN5S. The SMILES string of the molecule is CC(C)c1ccccc1C1CC(c2cccc(Br)c2)=NN1c1nc2nc3ccccc3nc2s1. The van der Waals surface area contributed by atoms with E-state index in [2.05, 4.69) is 77.3 Å². The topological polar surface area (TPSA) is 54.3 Å². The van der Waals surface area contributed by atoms with Crippen LogP contribution < -0.4 is 5.01 Å². The van der Waals surface area contributed by atoms with E-state index in [1.165, 1.54) is 11.1 Å². The number of rotatable bonds is 4. The van der Waals surface area contributed by atoms with E-state index in [9.17, 15) is 0 Å². The van der Waals surface area contributed by atoms with Gasteiger partial charge in [-0.3, -0.25) is 0 Å². The molecule has 0 bridgehead atoms. The third-order valence-electron chi connectivity index (χ3n) is 6.15. The minimum absolute atomic E-state index is 0.0579. The number of nitrogens with zero attached hydrogens (tertiary/aromatic N) is 5. The Labute approximate surface area is 210 Å². The molecule has 0 fully saturated rings. The molecule has 34 heavy (non-hydrogen) atoms. The number of anilines is 1. The van der Waals surface area contributed by atoms with Gasteiger partial charge in [0.25, 0.3) is 0 Å². The zero-order chi connectivity index (χ0) is 23.2. The van der Waals surface area contributed by atoms with E-state index >= 15 is 0 Å². The summed E-state index contributed by atoms with van der Waals surface area (Å²) in [5.74, 6) is 0.414. The molecule has 0 amide bonds. The van der Waals surface area contributed by atoms with E-state index in [-0.39, 0.29) is 6.04 Å². The summed E-state index contributed by atoms with van der Waals surface area (Å²) in [6.45, 7) is 4.48. The summed E-state index contributed by atoms with van der Waals surface area (Å²) >= 11 is 5.16. The Kier molecular flexibility index (Phi) is 5.38. The first-order valence-corrected chi connectivity index (χ1v) is 12.9. The zero-order valence-electron chi connectivity index (χ0n) is 18.8. The lowest BCUT2D eigenvalue weighted by Crippen LogP contribution is -2.20. The Morgan fingerprint density at radius 2 is 1.68 bits per heavy atom. The molecule has 0 radical (unpaired) electrons. The Balaban J connectivity index is 1.50. The monoisotopic (exact) mass is 527 g/mol. The van der Waals surface area contributed by atoms with Crippen LogP contribution in [-0.4, -0.2) is 20.7 Å². The summed E-state index contributed by atoms with van der Waals surface area (Å²) in [7, 11) is 0. The van der Waals surface area contributed by atoms with Gasteiger partial charge in [0.15, 0.2) is 10.5 Å². The molecule has 5 aromatic rings. The van der Waals surface area contributed by atoms with E-state index < -0.39 is 0 Å². The fourth-order valence-electron chi connectivity index (χ4n) is 4.53. The van der Waals surface area contributed by atoms with Gasteiger partial charge in [-0.2, -0.15) is 10.1 Å². The summed E-state index contributed by atoms with van der Waals surface area (Å²) in [5.41, 5.74) is 7.20. The second-order valence-corrected chi connectivity index (χ2v) is 10.6. The molecule has 2 aromatic heterocycles. The van der Waals surface area contributed by atoms with Crippen molar-refractivity contribution in [1.29, 1.82) is 0 Å². The standard InChI is InChI=1S/C27H22BrN5S/c1-16(2)19-10-3-4-11-20(19)24-15-23(17-8-7-9-18(28)14-17)32-33(24)27-31-25-26(34-27)30-22-13-6-5-12-21(22)29-25/h3-14,16,24H,15H2,1-2H3. The van der Waals surface area contributed by atoms with Gasteiger partial charge in [-0.1, -0.05) is 89.6 Å². The fourth-order valence-corrected chi connectivity index (χ4v) is 5.82. The maximum Gasteiger partial charge on any atom is 0.210 e. The van der Waals surface area contributed by atoms with Crippen LogP contribution in [0.5, 0.6) is 0 Å². The fraction of sp³-hybridized carbons (Fsp3) is 0.185. The highest BCUT2D eigenvalue weighted by Crippen LogP contribution is 2.42. The van der Waals surface area contributed by atoms with E-state index in [1.54, 1.807) is 11.3 Å². The van der Waals surface area contributed by atoms with Crippen molar-refractivity contribution in [2.75, 3.05) is 5.01 Å². The average molecular weight is 528 g/mol. The lowest BCUT2D eigenvalue weighted by molar-refractivity contribution is 0.686. The van der Waals surface area contributed by atoms with Crippen LogP contribution in [0.25, 0.3) is 21.5 Å². The summed E-state index contributed by atoms with van der Waals surface area (Å²) in [6.07, 6.45) is 0.805. The number of hydrazone groups is 1. The quantitative estimate of drug-likeness (QED) is 0.243. The summed E-state index contributed by atoms with van der Waals surface area (Å²) in [6, 6.07) is 25.0. The minimum atomic E-state index is 0.0579. The molecule has 168 valence electrons. The summed E-state index contributed by atoms with van der Waals surface area (Å²) in [5, 5.41) is 8.01. The molecule has 0 N–H and O–H groups in total. The number of benzene rings is 3. The van der Waals surface area contributed by atoms with Gasteiger partial charge in [0.05, 0.1) is 22.8 Å². The number of hydrogen-bond acceptors (Lipinski definition) is 6. The number of fused-ring (bicyclic) bond motifs is 2. The molecule has 1 atom stereocenters. The van der Waals surface area contributed by atoms with E-state index in [0.29, 0.717) is 11.6 Å². The largest absolute Gasteiger partial charge is 0.232 e. The first-order valence-electron chi connectivity index (χ1n) is 11.3. The van der Waals surface area contributed by atoms with Gasteiger partial charge in [-0.15, -0.1) is 0 Å². The molecule has 3 aromatic carbocycles. The van der Waals surface area contributed by atoms with Crippen molar-refractivity contribution < 1.29 is 0 Å². The number of hydrogen-bond donors (Lipinski definition) is 0. The molecule has 6 rings (SSSR count). The smallest absolute Gasteiger partial charge is 0.210 e. The van der Waals surface area contributed by atoms with E-state index in [1.807, 2.05) is 30.3 Å². The van der Waals surface area contributed by atoms with Crippen molar-refractivity contribution in [1.82, 2.24) is 15.0 Å². The maximum atomic E-state index is 5.11. The average Bonchev–Trinajstić information content (AvgIpc) is 3.46. The first-order chi connectivity index (χ1) is 16.6. The highest BCUT2D eigenvalue weighted by molar-refractivity contribution is 9.10. The van der Waals surface area contributed by atoms with Crippen LogP contribution in [0.15, 0.2) is 82.4 Å². The molecule has 5 nitrogen and oxygen atoms in total. The van der Waals surface area contributed by atoms with Gasteiger partial charge < -0.3 is 0 Å². The van der Waals surface area contributed by atoms with Gasteiger partial charge >= 0.3 is 0 Å². The first kappa shape index (κ1) is 21.4. The number of halogens is 1. The minimum Gasteiger partial charge on any atom is -0.232 e. The Bertz CT molecular complexity index is 1510. The van der Waals surface area contributed by atoms with Gasteiger partial charge in [0.1, 0.15) is 0 Å². The van der Waals surface area contributed by atoms with Crippen molar-refractivity contribution >= 4 is 59.6 Å².